The Balaban J connectivity index is 3.54. The lowest BCUT2D eigenvalue weighted by Gasteiger charge is -2.15. The largest absolute Gasteiger partial charge is 0.472 e. The van der Waals surface area contributed by atoms with Crippen molar-refractivity contribution in [2.75, 3.05) is 26.4 Å². The number of hydrogen-bond acceptors (Lipinski definition) is 7. The number of ether oxygens (including phenoxy) is 1. The molecule has 0 aromatic heterocycles. The second-order valence-electron chi connectivity index (χ2n) is 15.7. The Bertz CT molecular complexity index is 975. The highest BCUT2D eigenvalue weighted by atomic mass is 31.2. The highest BCUT2D eigenvalue weighted by Crippen LogP contribution is 2.42. The monoisotopic (exact) mass is 814 g/mol. The topological polar surface area (TPSA) is 131 Å². The van der Waals surface area contributed by atoms with Gasteiger partial charge in [-0.1, -0.05) is 173 Å². The number of hydrogen-bond donors (Lipinski definition) is 3. The van der Waals surface area contributed by atoms with E-state index in [0.29, 0.717) is 6.42 Å². The highest BCUT2D eigenvalue weighted by Gasteiger charge is 2.23. The lowest BCUT2D eigenvalue weighted by Crippen LogP contribution is -2.27. The summed E-state index contributed by atoms with van der Waals surface area (Å²) in [5.41, 5.74) is 0. The number of nitrogens with one attached hydrogen (secondary N) is 1. The quantitative estimate of drug-likeness (QED) is 0.0240. The lowest BCUT2D eigenvalue weighted by atomic mass is 10.0. The number of carbonyl (C=O) groups excluding carboxylic acids is 2. The standard InChI is InChI=1S/C46H88NO8P/c1-3-5-7-9-11-13-15-17-18-19-20-21-22-23-24-25-26-27-29-31-33-35-37-39-46(50)53-42-44(48)43-55-56(51,52)54-41-40-47-45(49)38-36-34-32-30-28-16-14-12-10-8-6-4-2/h12,14,17-18,44,48H,3-11,13,15-16,19-43H2,1-2H3,(H,47,49)(H,51,52)/b14-12-,18-17+. The molecule has 0 heterocycles. The molecule has 0 spiro atoms. The van der Waals surface area contributed by atoms with E-state index in [0.717, 1.165) is 51.4 Å². The summed E-state index contributed by atoms with van der Waals surface area (Å²) in [5.74, 6) is -0.520. The van der Waals surface area contributed by atoms with Crippen LogP contribution >= 0.6 is 7.82 Å². The normalized spacial score (nSPS) is 13.4. The number of amides is 1. The number of unbranched alkanes of at least 4 members (excludes halogenated alkanes) is 27. The van der Waals surface area contributed by atoms with Gasteiger partial charge >= 0.3 is 13.8 Å². The van der Waals surface area contributed by atoms with Gasteiger partial charge in [0.2, 0.25) is 5.91 Å². The molecule has 0 fully saturated rings. The maximum absolute atomic E-state index is 12.1. The minimum atomic E-state index is -4.41. The van der Waals surface area contributed by atoms with Crippen molar-refractivity contribution in [1.29, 1.82) is 0 Å². The molecule has 330 valence electrons. The Labute approximate surface area is 344 Å². The molecule has 0 saturated heterocycles. The molecule has 2 unspecified atom stereocenters. The van der Waals surface area contributed by atoms with Gasteiger partial charge in [0.15, 0.2) is 0 Å². The number of carbonyl (C=O) groups is 2. The van der Waals surface area contributed by atoms with Crippen LogP contribution in [0.2, 0.25) is 0 Å². The molecule has 0 aromatic rings. The van der Waals surface area contributed by atoms with Crippen molar-refractivity contribution >= 4 is 19.7 Å². The van der Waals surface area contributed by atoms with Crippen molar-refractivity contribution in [1.82, 2.24) is 5.32 Å². The van der Waals surface area contributed by atoms with Gasteiger partial charge in [-0.25, -0.2) is 4.57 Å². The van der Waals surface area contributed by atoms with Crippen LogP contribution in [-0.4, -0.2) is 54.3 Å². The van der Waals surface area contributed by atoms with Crippen LogP contribution in [0.25, 0.3) is 0 Å². The van der Waals surface area contributed by atoms with Gasteiger partial charge in [-0.05, 0) is 64.2 Å². The van der Waals surface area contributed by atoms with E-state index in [9.17, 15) is 24.2 Å². The number of esters is 1. The van der Waals surface area contributed by atoms with Gasteiger partial charge < -0.3 is 20.1 Å². The van der Waals surface area contributed by atoms with Crippen molar-refractivity contribution in [3.05, 3.63) is 24.3 Å². The molecule has 1 amide bonds. The number of phosphoric acid groups is 1. The molecule has 10 heteroatoms. The fourth-order valence-corrected chi connectivity index (χ4v) is 7.30. The molecule has 0 aliphatic rings. The van der Waals surface area contributed by atoms with Crippen LogP contribution in [0.1, 0.15) is 226 Å². The van der Waals surface area contributed by atoms with Gasteiger partial charge in [0, 0.05) is 19.4 Å². The minimum Gasteiger partial charge on any atom is -0.463 e. The van der Waals surface area contributed by atoms with Gasteiger partial charge in [0.25, 0.3) is 0 Å². The molecule has 0 aliphatic heterocycles. The first kappa shape index (κ1) is 54.5. The first-order chi connectivity index (χ1) is 27.3. The second-order valence-corrected chi connectivity index (χ2v) is 17.2. The Morgan fingerprint density at radius 1 is 0.536 bits per heavy atom. The van der Waals surface area contributed by atoms with Crippen LogP contribution in [0.15, 0.2) is 24.3 Å². The summed E-state index contributed by atoms with van der Waals surface area (Å²) in [6.45, 7) is 3.54. The number of allylic oxidation sites excluding steroid dienone is 4. The molecule has 0 aromatic carbocycles. The van der Waals surface area contributed by atoms with Crippen LogP contribution in [0.4, 0.5) is 0 Å². The molecular formula is C46H88NO8P. The van der Waals surface area contributed by atoms with E-state index in [2.05, 4.69) is 43.5 Å². The van der Waals surface area contributed by atoms with Crippen LogP contribution in [0.5, 0.6) is 0 Å². The minimum absolute atomic E-state index is 0.0790. The molecule has 9 nitrogen and oxygen atoms in total. The van der Waals surface area contributed by atoms with E-state index in [1.54, 1.807) is 0 Å². The third-order valence-electron chi connectivity index (χ3n) is 10.1. The fraction of sp³-hybridized carbons (Fsp3) is 0.870. The summed E-state index contributed by atoms with van der Waals surface area (Å²) < 4.78 is 26.9. The van der Waals surface area contributed by atoms with Crippen molar-refractivity contribution < 1.29 is 37.9 Å². The number of rotatable bonds is 44. The Hall–Kier alpha value is -1.51. The van der Waals surface area contributed by atoms with E-state index in [4.69, 9.17) is 13.8 Å². The molecule has 0 rings (SSSR count). The van der Waals surface area contributed by atoms with Crippen molar-refractivity contribution in [3.63, 3.8) is 0 Å². The number of phosphoric ester groups is 1. The Kier molecular flexibility index (Phi) is 41.9. The van der Waals surface area contributed by atoms with Crippen molar-refractivity contribution in [2.24, 2.45) is 0 Å². The lowest BCUT2D eigenvalue weighted by molar-refractivity contribution is -0.147. The van der Waals surface area contributed by atoms with Crippen LogP contribution in [0, 0.1) is 0 Å². The summed E-state index contributed by atoms with van der Waals surface area (Å²) in [6, 6.07) is 0. The molecule has 56 heavy (non-hydrogen) atoms. The average molecular weight is 814 g/mol. The number of aliphatic hydroxyl groups excluding tert-OH is 1. The maximum Gasteiger partial charge on any atom is 0.472 e. The Morgan fingerprint density at radius 2 is 0.911 bits per heavy atom. The molecule has 3 N–H and O–H groups in total. The SMILES string of the molecule is CCCCC/C=C\CCCCCCCC(=O)NCCOP(=O)(O)OCC(O)COC(=O)CCCCCCCCCCCCCCC/C=C/CCCCCCCC. The van der Waals surface area contributed by atoms with Crippen LogP contribution < -0.4 is 5.32 Å². The zero-order valence-corrected chi connectivity index (χ0v) is 37.2. The van der Waals surface area contributed by atoms with Gasteiger partial charge in [-0.2, -0.15) is 0 Å². The zero-order chi connectivity index (χ0) is 41.1. The van der Waals surface area contributed by atoms with Gasteiger partial charge in [-0.3, -0.25) is 18.6 Å². The van der Waals surface area contributed by atoms with E-state index in [-0.39, 0.29) is 32.1 Å². The first-order valence-corrected chi connectivity index (χ1v) is 24.8. The van der Waals surface area contributed by atoms with E-state index < -0.39 is 26.5 Å². The summed E-state index contributed by atoms with van der Waals surface area (Å²) in [5, 5.41) is 12.7. The smallest absolute Gasteiger partial charge is 0.463 e. The molecule has 0 saturated carbocycles. The average Bonchev–Trinajstić information content (AvgIpc) is 3.18. The molecule has 0 bridgehead atoms. The molecule has 2 atom stereocenters. The predicted octanol–water partition coefficient (Wildman–Crippen LogP) is 13.2. The van der Waals surface area contributed by atoms with Gasteiger partial charge in [0.05, 0.1) is 13.2 Å². The third kappa shape index (κ3) is 43.6. The highest BCUT2D eigenvalue weighted by molar-refractivity contribution is 7.47. The van der Waals surface area contributed by atoms with Crippen molar-refractivity contribution in [2.45, 2.75) is 232 Å². The summed E-state index contributed by atoms with van der Waals surface area (Å²) in [7, 11) is -4.41. The molecular weight excluding hydrogens is 725 g/mol. The van der Waals surface area contributed by atoms with Gasteiger partial charge in [0.1, 0.15) is 12.7 Å². The van der Waals surface area contributed by atoms with Crippen LogP contribution in [-0.2, 0) is 27.9 Å². The summed E-state index contributed by atoms with van der Waals surface area (Å²) >= 11 is 0. The second kappa shape index (κ2) is 43.1. The van der Waals surface area contributed by atoms with E-state index in [1.165, 1.54) is 148 Å². The van der Waals surface area contributed by atoms with E-state index >= 15 is 0 Å². The molecule has 0 aliphatic carbocycles. The van der Waals surface area contributed by atoms with Crippen LogP contribution in [0.3, 0.4) is 0 Å². The van der Waals surface area contributed by atoms with E-state index in [1.807, 2.05) is 0 Å². The van der Waals surface area contributed by atoms with Crippen molar-refractivity contribution in [3.8, 4) is 0 Å². The first-order valence-electron chi connectivity index (χ1n) is 23.3. The number of aliphatic hydroxyl groups is 1. The van der Waals surface area contributed by atoms with Gasteiger partial charge in [-0.15, -0.1) is 0 Å². The summed E-state index contributed by atoms with van der Waals surface area (Å²) in [6.07, 6.45) is 46.9. The zero-order valence-electron chi connectivity index (χ0n) is 36.3. The third-order valence-corrected chi connectivity index (χ3v) is 11.1. The fourth-order valence-electron chi connectivity index (χ4n) is 6.55. The summed E-state index contributed by atoms with van der Waals surface area (Å²) in [4.78, 5) is 33.9. The molecule has 0 radical (unpaired) electrons. The Morgan fingerprint density at radius 3 is 1.38 bits per heavy atom. The maximum atomic E-state index is 12.1. The predicted molar refractivity (Wildman–Crippen MR) is 234 cm³/mol.